The quantitative estimate of drug-likeness (QED) is 0.528. The molecule has 192 valence electrons. The molecule has 4 rings (SSSR count). The minimum Gasteiger partial charge on any atom is -0.444 e. The molecule has 3 aromatic rings. The number of para-hydroxylation sites is 1. The van der Waals surface area contributed by atoms with Crippen LogP contribution < -0.4 is 5.32 Å². The largest absolute Gasteiger partial charge is 0.444 e. The number of β-amino-alcohol motifs (C(OH)–C–C–N with tert-alkyl or cyclic N) is 1. The van der Waals surface area contributed by atoms with Gasteiger partial charge in [-0.25, -0.2) is 4.79 Å². The topological polar surface area (TPSA) is 105 Å². The number of carbonyl (C=O) groups excluding carboxylic acids is 1. The highest BCUT2D eigenvalue weighted by Gasteiger charge is 2.40. The second-order valence-corrected chi connectivity index (χ2v) is 9.77. The van der Waals surface area contributed by atoms with Gasteiger partial charge in [0.1, 0.15) is 11.2 Å². The van der Waals surface area contributed by atoms with Crippen molar-refractivity contribution in [3.05, 3.63) is 54.1 Å². The summed E-state index contributed by atoms with van der Waals surface area (Å²) in [4.78, 5) is 15.0. The summed E-state index contributed by atoms with van der Waals surface area (Å²) < 4.78 is 43.9. The van der Waals surface area contributed by atoms with Crippen LogP contribution in [-0.4, -0.2) is 60.6 Å². The zero-order valence-electron chi connectivity index (χ0n) is 20.1. The number of carbonyl (C=O) groups is 1. The number of rotatable bonds is 5. The van der Waals surface area contributed by atoms with Crippen LogP contribution in [0.2, 0.25) is 0 Å². The molecule has 1 unspecified atom stereocenters. The van der Waals surface area contributed by atoms with E-state index in [9.17, 15) is 23.1 Å². The maximum Gasteiger partial charge on any atom is 0.416 e. The number of alkyl halides is 3. The van der Waals surface area contributed by atoms with Crippen molar-refractivity contribution in [2.75, 3.05) is 18.4 Å². The fourth-order valence-corrected chi connectivity index (χ4v) is 3.83. The lowest BCUT2D eigenvalue weighted by atomic mass is 10.0. The highest BCUT2D eigenvalue weighted by atomic mass is 19.4. The van der Waals surface area contributed by atoms with Gasteiger partial charge in [-0.3, -0.25) is 0 Å². The van der Waals surface area contributed by atoms with Crippen LogP contribution in [0.25, 0.3) is 11.4 Å². The molecule has 9 nitrogen and oxygen atoms in total. The van der Waals surface area contributed by atoms with Gasteiger partial charge in [-0.05, 0) is 68.8 Å². The molecule has 1 aliphatic heterocycles. The number of hydrogen-bond donors (Lipinski definition) is 2. The Morgan fingerprint density at radius 3 is 2.50 bits per heavy atom. The van der Waals surface area contributed by atoms with E-state index in [1.165, 1.54) is 21.8 Å². The number of nitrogens with one attached hydrogen (secondary N) is 1. The second-order valence-electron chi connectivity index (χ2n) is 9.77. The van der Waals surface area contributed by atoms with E-state index in [1.807, 2.05) is 0 Å². The zero-order chi connectivity index (χ0) is 26.1. The van der Waals surface area contributed by atoms with Crippen molar-refractivity contribution in [1.29, 1.82) is 0 Å². The number of aromatic nitrogens is 4. The Labute approximate surface area is 205 Å². The van der Waals surface area contributed by atoms with Gasteiger partial charge in [-0.15, -0.1) is 10.2 Å². The van der Waals surface area contributed by atoms with Gasteiger partial charge in [0.2, 0.25) is 5.82 Å². The minimum atomic E-state index is -4.41. The molecule has 2 N–H and O–H groups in total. The van der Waals surface area contributed by atoms with Crippen molar-refractivity contribution in [2.24, 2.45) is 0 Å². The highest BCUT2D eigenvalue weighted by Crippen LogP contribution is 2.32. The van der Waals surface area contributed by atoms with Crippen LogP contribution in [0.4, 0.5) is 29.3 Å². The van der Waals surface area contributed by atoms with Crippen molar-refractivity contribution in [3.63, 3.8) is 0 Å². The molecule has 1 aromatic heterocycles. The van der Waals surface area contributed by atoms with Crippen LogP contribution in [0.3, 0.4) is 0 Å². The molecule has 1 amide bonds. The number of benzene rings is 2. The van der Waals surface area contributed by atoms with Gasteiger partial charge in [-0.1, -0.05) is 12.1 Å². The summed E-state index contributed by atoms with van der Waals surface area (Å²) in [6, 6.07) is 11.7. The second kappa shape index (κ2) is 9.41. The standard InChI is InChI=1S/C24H27F3N6O3/c1-22(2,3)36-21(34)32-13-12-23(35,14-32)15-33-30-20(29-31-33)18-6-4-5-7-19(18)28-17-10-8-16(9-11-17)24(25,26)27/h4-11,28,35H,12-15H2,1-3H3. The lowest BCUT2D eigenvalue weighted by molar-refractivity contribution is -0.137. The van der Waals surface area contributed by atoms with E-state index in [1.54, 1.807) is 45.0 Å². The lowest BCUT2D eigenvalue weighted by Gasteiger charge is -2.26. The zero-order valence-corrected chi connectivity index (χ0v) is 20.1. The monoisotopic (exact) mass is 504 g/mol. The van der Waals surface area contributed by atoms with Crippen LogP contribution >= 0.6 is 0 Å². The van der Waals surface area contributed by atoms with E-state index in [-0.39, 0.29) is 18.9 Å². The summed E-state index contributed by atoms with van der Waals surface area (Å²) in [5, 5.41) is 26.6. The average Bonchev–Trinajstić information content (AvgIpc) is 3.40. The molecule has 1 atom stereocenters. The van der Waals surface area contributed by atoms with Crippen molar-refractivity contribution in [3.8, 4) is 11.4 Å². The molecule has 36 heavy (non-hydrogen) atoms. The molecule has 1 aliphatic rings. The molecule has 0 spiro atoms. The molecule has 0 bridgehead atoms. The number of hydrogen-bond acceptors (Lipinski definition) is 7. The first-order valence-corrected chi connectivity index (χ1v) is 11.3. The number of anilines is 2. The number of amides is 1. The molecule has 0 saturated carbocycles. The Kier molecular flexibility index (Phi) is 6.65. The first kappa shape index (κ1) is 25.4. The number of tetrazole rings is 1. The molecule has 12 heteroatoms. The third-order valence-corrected chi connectivity index (χ3v) is 5.53. The van der Waals surface area contributed by atoms with Crippen LogP contribution in [0.15, 0.2) is 48.5 Å². The van der Waals surface area contributed by atoms with E-state index < -0.39 is 29.0 Å². The predicted octanol–water partition coefficient (Wildman–Crippen LogP) is 4.47. The Morgan fingerprint density at radius 1 is 1.14 bits per heavy atom. The average molecular weight is 505 g/mol. The van der Waals surface area contributed by atoms with Gasteiger partial charge in [0.15, 0.2) is 0 Å². The highest BCUT2D eigenvalue weighted by molar-refractivity contribution is 5.77. The van der Waals surface area contributed by atoms with Crippen molar-refractivity contribution in [2.45, 2.75) is 51.1 Å². The molecular weight excluding hydrogens is 477 g/mol. The van der Waals surface area contributed by atoms with E-state index in [2.05, 4.69) is 20.7 Å². The minimum absolute atomic E-state index is 0.0216. The SMILES string of the molecule is CC(C)(C)OC(=O)N1CCC(O)(Cn2nnc(-c3ccccc3Nc3ccc(C(F)(F)F)cc3)n2)C1. The van der Waals surface area contributed by atoms with Crippen LogP contribution in [0.1, 0.15) is 32.8 Å². The molecular formula is C24H27F3N6O3. The van der Waals surface area contributed by atoms with Gasteiger partial charge in [0.25, 0.3) is 0 Å². The summed E-state index contributed by atoms with van der Waals surface area (Å²) in [5.41, 5.74) is -0.995. The molecule has 0 aliphatic carbocycles. The Balaban J connectivity index is 1.45. The van der Waals surface area contributed by atoms with Crippen LogP contribution in [-0.2, 0) is 17.5 Å². The van der Waals surface area contributed by atoms with Gasteiger partial charge in [-0.2, -0.15) is 18.0 Å². The number of ether oxygens (including phenoxy) is 1. The maximum atomic E-state index is 12.8. The Hall–Kier alpha value is -3.67. The molecule has 1 fully saturated rings. The number of aliphatic hydroxyl groups is 1. The maximum absolute atomic E-state index is 12.8. The Bertz CT molecular complexity index is 1220. The van der Waals surface area contributed by atoms with Gasteiger partial charge >= 0.3 is 12.3 Å². The van der Waals surface area contributed by atoms with Crippen molar-refractivity contribution in [1.82, 2.24) is 25.1 Å². The van der Waals surface area contributed by atoms with Gasteiger partial charge < -0.3 is 20.1 Å². The summed E-state index contributed by atoms with van der Waals surface area (Å²) in [5.74, 6) is 0.274. The van der Waals surface area contributed by atoms with Crippen molar-refractivity contribution < 1.29 is 27.8 Å². The van der Waals surface area contributed by atoms with Crippen LogP contribution in [0.5, 0.6) is 0 Å². The number of nitrogens with zero attached hydrogens (tertiary/aromatic N) is 5. The normalized spacial score (nSPS) is 18.4. The summed E-state index contributed by atoms with van der Waals surface area (Å²) in [6.45, 7) is 5.76. The van der Waals surface area contributed by atoms with Gasteiger partial charge in [0.05, 0.1) is 18.7 Å². The smallest absolute Gasteiger partial charge is 0.416 e. The lowest BCUT2D eigenvalue weighted by Crippen LogP contribution is -2.41. The fraction of sp³-hybridized carbons (Fsp3) is 0.417. The summed E-state index contributed by atoms with van der Waals surface area (Å²) in [6.07, 6.45) is -4.57. The molecule has 0 radical (unpaired) electrons. The molecule has 2 aromatic carbocycles. The summed E-state index contributed by atoms with van der Waals surface area (Å²) >= 11 is 0. The number of halogens is 3. The van der Waals surface area contributed by atoms with Gasteiger partial charge in [0, 0.05) is 23.5 Å². The van der Waals surface area contributed by atoms with E-state index in [0.717, 1.165) is 12.1 Å². The van der Waals surface area contributed by atoms with E-state index in [0.29, 0.717) is 29.9 Å². The molecule has 2 heterocycles. The fourth-order valence-electron chi connectivity index (χ4n) is 3.83. The van der Waals surface area contributed by atoms with E-state index in [4.69, 9.17) is 4.74 Å². The predicted molar refractivity (Wildman–Crippen MR) is 125 cm³/mol. The van der Waals surface area contributed by atoms with E-state index >= 15 is 0 Å². The third kappa shape index (κ3) is 6.11. The first-order valence-electron chi connectivity index (χ1n) is 11.3. The van der Waals surface area contributed by atoms with Crippen molar-refractivity contribution >= 4 is 17.5 Å². The molecule has 1 saturated heterocycles. The first-order chi connectivity index (χ1) is 16.8. The Morgan fingerprint density at radius 2 is 1.83 bits per heavy atom. The summed E-state index contributed by atoms with van der Waals surface area (Å²) in [7, 11) is 0. The third-order valence-electron chi connectivity index (χ3n) is 5.53. The number of likely N-dealkylation sites (tertiary alicyclic amines) is 1. The van der Waals surface area contributed by atoms with Crippen LogP contribution in [0, 0.1) is 0 Å².